The summed E-state index contributed by atoms with van der Waals surface area (Å²) in [4.78, 5) is 25.2. The van der Waals surface area contributed by atoms with Crippen LogP contribution in [0.25, 0.3) is 0 Å². The molecule has 5 heteroatoms. The molecule has 5 nitrogen and oxygen atoms in total. The number of hydrogen-bond donors (Lipinski definition) is 0. The lowest BCUT2D eigenvalue weighted by Crippen LogP contribution is -2.36. The third-order valence-electron chi connectivity index (χ3n) is 5.32. The molecule has 0 aromatic carbocycles. The molecule has 1 heterocycles. The lowest BCUT2D eigenvalue weighted by atomic mass is 9.83. The maximum atomic E-state index is 11.7. The van der Waals surface area contributed by atoms with Crippen LogP contribution in [0, 0.1) is 11.8 Å². The highest BCUT2D eigenvalue weighted by molar-refractivity contribution is 5.82. The molecular formula is C22H41NO4. The molecule has 27 heavy (non-hydrogen) atoms. The summed E-state index contributed by atoms with van der Waals surface area (Å²) in [7, 11) is 0. The molecule has 0 bridgehead atoms. The number of ketones is 1. The van der Waals surface area contributed by atoms with Crippen LogP contribution in [-0.4, -0.2) is 56.1 Å². The Morgan fingerprint density at radius 3 is 2.07 bits per heavy atom. The van der Waals surface area contributed by atoms with Crippen LogP contribution in [0.15, 0.2) is 0 Å². The van der Waals surface area contributed by atoms with E-state index >= 15 is 0 Å². The van der Waals surface area contributed by atoms with Crippen LogP contribution in [0.3, 0.4) is 0 Å². The van der Waals surface area contributed by atoms with Gasteiger partial charge < -0.3 is 14.4 Å². The van der Waals surface area contributed by atoms with Crippen LogP contribution in [0.2, 0.25) is 0 Å². The van der Waals surface area contributed by atoms with Gasteiger partial charge in [0.1, 0.15) is 5.78 Å². The molecule has 0 spiro atoms. The van der Waals surface area contributed by atoms with Crippen LogP contribution in [0.4, 0.5) is 0 Å². The summed E-state index contributed by atoms with van der Waals surface area (Å²) < 4.78 is 10.5. The Balaban J connectivity index is 0.000000289. The maximum Gasteiger partial charge on any atom is 0.224 e. The van der Waals surface area contributed by atoms with Crippen molar-refractivity contribution in [1.82, 2.24) is 4.90 Å². The number of carbonyl (C=O) groups is 2. The molecule has 1 aliphatic carbocycles. The number of nitrogens with zero attached hydrogens (tertiary/aromatic N) is 1. The second-order valence-electron chi connectivity index (χ2n) is 7.89. The van der Waals surface area contributed by atoms with Crippen molar-refractivity contribution >= 4 is 11.7 Å². The molecule has 0 unspecified atom stereocenters. The fraction of sp³-hybridized carbons (Fsp3) is 0.909. The quantitative estimate of drug-likeness (QED) is 0.559. The maximum absolute atomic E-state index is 11.7. The van der Waals surface area contributed by atoms with Crippen molar-refractivity contribution in [3.63, 3.8) is 0 Å². The van der Waals surface area contributed by atoms with E-state index in [1.807, 2.05) is 25.7 Å². The van der Waals surface area contributed by atoms with E-state index in [1.165, 1.54) is 25.7 Å². The minimum absolute atomic E-state index is 0.233. The monoisotopic (exact) mass is 383 g/mol. The zero-order chi connectivity index (χ0) is 19.9. The van der Waals surface area contributed by atoms with Crippen LogP contribution < -0.4 is 0 Å². The van der Waals surface area contributed by atoms with Gasteiger partial charge in [-0.1, -0.05) is 33.1 Å². The van der Waals surface area contributed by atoms with E-state index in [9.17, 15) is 9.59 Å². The highest BCUT2D eigenvalue weighted by atomic mass is 16.5. The van der Waals surface area contributed by atoms with E-state index < -0.39 is 0 Å². The summed E-state index contributed by atoms with van der Waals surface area (Å²) in [5, 5.41) is 0. The Hall–Kier alpha value is -0.940. The Morgan fingerprint density at radius 1 is 0.889 bits per heavy atom. The number of ether oxygens (including phenoxy) is 2. The van der Waals surface area contributed by atoms with Gasteiger partial charge in [0.05, 0.1) is 26.2 Å². The Kier molecular flexibility index (Phi) is 13.4. The number of piperidine rings is 1. The molecular weight excluding hydrogens is 342 g/mol. The van der Waals surface area contributed by atoms with Crippen LogP contribution in [-0.2, 0) is 19.1 Å². The molecule has 0 N–H and O–H groups in total. The van der Waals surface area contributed by atoms with Gasteiger partial charge in [0.25, 0.3) is 0 Å². The number of likely N-dealkylation sites (tertiary alicyclic amines) is 1. The Bertz CT molecular complexity index is 399. The van der Waals surface area contributed by atoms with Gasteiger partial charge in [0, 0.05) is 31.5 Å². The average Bonchev–Trinajstić information content (AvgIpc) is 2.71. The molecule has 158 valence electrons. The van der Waals surface area contributed by atoms with Gasteiger partial charge in [0.2, 0.25) is 5.91 Å². The summed E-state index contributed by atoms with van der Waals surface area (Å²) in [5.74, 6) is 1.38. The average molecular weight is 384 g/mol. The molecule has 2 rings (SSSR count). The van der Waals surface area contributed by atoms with E-state index in [1.54, 1.807) is 0 Å². The molecule has 0 aromatic rings. The molecule has 0 radical (unpaired) electrons. The Labute approximate surface area is 166 Å². The summed E-state index contributed by atoms with van der Waals surface area (Å²) in [6.07, 6.45) is 10.2. The fourth-order valence-electron chi connectivity index (χ4n) is 3.68. The van der Waals surface area contributed by atoms with Crippen LogP contribution in [0.5, 0.6) is 0 Å². The van der Waals surface area contributed by atoms with Gasteiger partial charge in [-0.05, 0) is 39.0 Å². The zero-order valence-corrected chi connectivity index (χ0v) is 17.8. The van der Waals surface area contributed by atoms with Gasteiger partial charge in [-0.3, -0.25) is 9.59 Å². The van der Waals surface area contributed by atoms with E-state index in [2.05, 4.69) is 0 Å². The minimum Gasteiger partial charge on any atom is -0.379 e. The largest absolute Gasteiger partial charge is 0.379 e. The lowest BCUT2D eigenvalue weighted by Gasteiger charge is -2.26. The molecule has 0 atom stereocenters. The molecule has 2 aliphatic rings. The smallest absolute Gasteiger partial charge is 0.224 e. The molecule has 0 aromatic heterocycles. The second kappa shape index (κ2) is 15.0. The first-order valence-electron chi connectivity index (χ1n) is 11.0. The fourth-order valence-corrected chi connectivity index (χ4v) is 3.68. The van der Waals surface area contributed by atoms with Gasteiger partial charge in [-0.25, -0.2) is 0 Å². The summed E-state index contributed by atoms with van der Waals surface area (Å²) in [5.41, 5.74) is 0. The van der Waals surface area contributed by atoms with Gasteiger partial charge in [-0.15, -0.1) is 0 Å². The van der Waals surface area contributed by atoms with Crippen molar-refractivity contribution in [2.75, 3.05) is 39.5 Å². The first kappa shape index (κ1) is 24.1. The van der Waals surface area contributed by atoms with Crippen LogP contribution in [0.1, 0.15) is 78.6 Å². The minimum atomic E-state index is 0.233. The SMILES string of the molecule is CC(C)C(=O)C1CCCCC1.CCOCCOCCC(=O)N1CCCCC1. The van der Waals surface area contributed by atoms with E-state index in [0.29, 0.717) is 37.9 Å². The highest BCUT2D eigenvalue weighted by Crippen LogP contribution is 2.26. The van der Waals surface area contributed by atoms with Gasteiger partial charge in [-0.2, -0.15) is 0 Å². The second-order valence-corrected chi connectivity index (χ2v) is 7.89. The predicted molar refractivity (Wildman–Crippen MR) is 109 cm³/mol. The van der Waals surface area contributed by atoms with Crippen LogP contribution >= 0.6 is 0 Å². The van der Waals surface area contributed by atoms with Crippen molar-refractivity contribution in [3.05, 3.63) is 0 Å². The first-order valence-corrected chi connectivity index (χ1v) is 11.0. The third kappa shape index (κ3) is 10.8. The molecule has 2 fully saturated rings. The number of amides is 1. The third-order valence-corrected chi connectivity index (χ3v) is 5.32. The van der Waals surface area contributed by atoms with Gasteiger partial charge >= 0.3 is 0 Å². The molecule has 1 saturated carbocycles. The lowest BCUT2D eigenvalue weighted by molar-refractivity contribution is -0.133. The van der Waals surface area contributed by atoms with Crippen molar-refractivity contribution in [2.45, 2.75) is 78.6 Å². The summed E-state index contributed by atoms with van der Waals surface area (Å²) in [6, 6.07) is 0. The van der Waals surface area contributed by atoms with E-state index in [0.717, 1.165) is 45.4 Å². The molecule has 1 amide bonds. The highest BCUT2D eigenvalue weighted by Gasteiger charge is 2.22. The number of Topliss-reactive ketones (excluding diaryl/α,β-unsaturated/α-hetero) is 1. The van der Waals surface area contributed by atoms with E-state index in [-0.39, 0.29) is 11.8 Å². The first-order chi connectivity index (χ1) is 13.1. The molecule has 1 aliphatic heterocycles. The number of rotatable bonds is 9. The normalized spacial score (nSPS) is 18.1. The number of hydrogen-bond acceptors (Lipinski definition) is 4. The standard InChI is InChI=1S/C12H23NO3.C10H18O/c1-2-15-10-11-16-9-6-12(14)13-7-4-3-5-8-13;1-8(2)10(11)9-6-4-3-5-7-9/h2-11H2,1H3;8-9H,3-7H2,1-2H3. The topological polar surface area (TPSA) is 55.8 Å². The number of carbonyl (C=O) groups excluding carboxylic acids is 2. The predicted octanol–water partition coefficient (Wildman–Crippen LogP) is 4.23. The van der Waals surface area contributed by atoms with E-state index in [4.69, 9.17) is 9.47 Å². The van der Waals surface area contributed by atoms with Crippen molar-refractivity contribution in [3.8, 4) is 0 Å². The van der Waals surface area contributed by atoms with Gasteiger partial charge in [0.15, 0.2) is 0 Å². The Morgan fingerprint density at radius 2 is 1.48 bits per heavy atom. The van der Waals surface area contributed by atoms with Crippen molar-refractivity contribution < 1.29 is 19.1 Å². The molecule has 1 saturated heterocycles. The summed E-state index contributed by atoms with van der Waals surface area (Å²) >= 11 is 0. The van der Waals surface area contributed by atoms with Crippen molar-refractivity contribution in [2.24, 2.45) is 11.8 Å². The van der Waals surface area contributed by atoms with Crippen molar-refractivity contribution in [1.29, 1.82) is 0 Å². The summed E-state index contributed by atoms with van der Waals surface area (Å²) in [6.45, 7) is 10.3. The zero-order valence-electron chi connectivity index (χ0n) is 17.8.